The second-order valence-corrected chi connectivity index (χ2v) is 5.58. The smallest absolute Gasteiger partial charge is 0.330 e. The predicted molar refractivity (Wildman–Crippen MR) is 82.2 cm³/mol. The van der Waals surface area contributed by atoms with E-state index in [4.69, 9.17) is 10.5 Å². The number of carbonyl (C=O) groups is 1. The normalized spacial score (nSPS) is 15.4. The summed E-state index contributed by atoms with van der Waals surface area (Å²) in [4.78, 5) is 12.2. The Morgan fingerprint density at radius 3 is 2.50 bits per heavy atom. The van der Waals surface area contributed by atoms with Gasteiger partial charge in [0.05, 0.1) is 6.61 Å². The molecule has 0 spiro atoms. The van der Waals surface area contributed by atoms with Gasteiger partial charge in [-0.15, -0.1) is 0 Å². The lowest BCUT2D eigenvalue weighted by molar-refractivity contribution is -0.151. The Hall–Kier alpha value is -1.35. The summed E-state index contributed by atoms with van der Waals surface area (Å²) >= 11 is 0. The molecule has 0 saturated heterocycles. The van der Waals surface area contributed by atoms with Crippen molar-refractivity contribution in [2.75, 3.05) is 6.61 Å². The van der Waals surface area contributed by atoms with Crippen LogP contribution in [0.15, 0.2) is 30.3 Å². The van der Waals surface area contributed by atoms with Gasteiger partial charge in [0.25, 0.3) is 0 Å². The Morgan fingerprint density at radius 2 is 1.95 bits per heavy atom. The van der Waals surface area contributed by atoms with Gasteiger partial charge in [-0.25, -0.2) is 4.79 Å². The number of carbonyl (C=O) groups excluding carboxylic acids is 1. The molecule has 0 saturated carbocycles. The average Bonchev–Trinajstić information content (AvgIpc) is 2.48. The maximum atomic E-state index is 12.2. The Morgan fingerprint density at radius 1 is 1.30 bits per heavy atom. The standard InChI is InChI=1S/C17H27NO2/c1-4-6-10-14(5-2)13-20-16(19)17(3,18)15-11-8-7-9-12-15/h7-9,11-12,14H,4-6,10,13,18H2,1-3H3. The van der Waals surface area contributed by atoms with E-state index in [1.807, 2.05) is 30.3 Å². The van der Waals surface area contributed by atoms with Crippen LogP contribution in [0.2, 0.25) is 0 Å². The summed E-state index contributed by atoms with van der Waals surface area (Å²) in [5.41, 5.74) is 5.84. The zero-order valence-corrected chi connectivity index (χ0v) is 12.9. The van der Waals surface area contributed by atoms with E-state index in [0.717, 1.165) is 18.4 Å². The number of esters is 1. The molecule has 3 heteroatoms. The summed E-state index contributed by atoms with van der Waals surface area (Å²) < 4.78 is 5.45. The first-order valence-electron chi connectivity index (χ1n) is 7.54. The van der Waals surface area contributed by atoms with Crippen LogP contribution >= 0.6 is 0 Å². The summed E-state index contributed by atoms with van der Waals surface area (Å²) in [6.45, 7) is 6.48. The highest BCUT2D eigenvalue weighted by Crippen LogP contribution is 2.20. The molecule has 112 valence electrons. The molecular formula is C17H27NO2. The third kappa shape index (κ3) is 4.64. The molecule has 0 heterocycles. The van der Waals surface area contributed by atoms with Gasteiger partial charge in [0, 0.05) is 0 Å². The number of rotatable bonds is 8. The van der Waals surface area contributed by atoms with Crippen LogP contribution < -0.4 is 5.73 Å². The van der Waals surface area contributed by atoms with Crippen LogP contribution in [0.4, 0.5) is 0 Å². The zero-order valence-electron chi connectivity index (χ0n) is 12.9. The molecule has 2 unspecified atom stereocenters. The second kappa shape index (κ2) is 8.05. The van der Waals surface area contributed by atoms with E-state index >= 15 is 0 Å². The lowest BCUT2D eigenvalue weighted by Gasteiger charge is -2.24. The topological polar surface area (TPSA) is 52.3 Å². The summed E-state index contributed by atoms with van der Waals surface area (Å²) in [5.74, 6) is 0.0871. The van der Waals surface area contributed by atoms with Crippen LogP contribution in [0.1, 0.15) is 52.0 Å². The van der Waals surface area contributed by atoms with Crippen molar-refractivity contribution in [3.05, 3.63) is 35.9 Å². The van der Waals surface area contributed by atoms with E-state index in [-0.39, 0.29) is 5.97 Å². The molecule has 20 heavy (non-hydrogen) atoms. The number of hydrogen-bond acceptors (Lipinski definition) is 3. The number of hydrogen-bond donors (Lipinski definition) is 1. The number of ether oxygens (including phenoxy) is 1. The van der Waals surface area contributed by atoms with Gasteiger partial charge in [-0.2, -0.15) is 0 Å². The minimum absolute atomic E-state index is 0.348. The third-order valence-electron chi connectivity index (χ3n) is 3.79. The van der Waals surface area contributed by atoms with Gasteiger partial charge in [-0.05, 0) is 24.8 Å². The maximum absolute atomic E-state index is 12.2. The Balaban J connectivity index is 2.57. The first-order chi connectivity index (χ1) is 9.52. The van der Waals surface area contributed by atoms with E-state index < -0.39 is 5.54 Å². The summed E-state index contributed by atoms with van der Waals surface area (Å²) in [6.07, 6.45) is 4.48. The number of benzene rings is 1. The van der Waals surface area contributed by atoms with Crippen molar-refractivity contribution >= 4 is 5.97 Å². The van der Waals surface area contributed by atoms with E-state index in [2.05, 4.69) is 13.8 Å². The monoisotopic (exact) mass is 277 g/mol. The van der Waals surface area contributed by atoms with Gasteiger partial charge in [-0.1, -0.05) is 63.4 Å². The SMILES string of the molecule is CCCCC(CC)COC(=O)C(C)(N)c1ccccc1. The zero-order chi connectivity index (χ0) is 15.0. The molecule has 0 aliphatic carbocycles. The fourth-order valence-corrected chi connectivity index (χ4v) is 2.14. The van der Waals surface area contributed by atoms with Crippen molar-refractivity contribution in [2.24, 2.45) is 11.7 Å². The average molecular weight is 277 g/mol. The van der Waals surface area contributed by atoms with E-state index in [1.54, 1.807) is 6.92 Å². The second-order valence-electron chi connectivity index (χ2n) is 5.58. The van der Waals surface area contributed by atoms with Gasteiger partial charge in [0.15, 0.2) is 0 Å². The fourth-order valence-electron chi connectivity index (χ4n) is 2.14. The molecule has 2 atom stereocenters. The summed E-state index contributed by atoms with van der Waals surface area (Å²) in [5, 5.41) is 0. The van der Waals surface area contributed by atoms with Crippen molar-refractivity contribution in [3.8, 4) is 0 Å². The quantitative estimate of drug-likeness (QED) is 0.738. The van der Waals surface area contributed by atoms with Crippen molar-refractivity contribution < 1.29 is 9.53 Å². The van der Waals surface area contributed by atoms with Gasteiger partial charge < -0.3 is 10.5 Å². The van der Waals surface area contributed by atoms with Crippen LogP contribution in [0, 0.1) is 5.92 Å². The predicted octanol–water partition coefficient (Wildman–Crippen LogP) is 3.62. The lowest BCUT2D eigenvalue weighted by Crippen LogP contribution is -2.43. The number of unbranched alkanes of at least 4 members (excludes halogenated alkanes) is 1. The van der Waals surface area contributed by atoms with Crippen LogP contribution in [-0.4, -0.2) is 12.6 Å². The van der Waals surface area contributed by atoms with Crippen molar-refractivity contribution in [3.63, 3.8) is 0 Å². The molecule has 0 bridgehead atoms. The molecule has 2 N–H and O–H groups in total. The van der Waals surface area contributed by atoms with Crippen molar-refractivity contribution in [1.82, 2.24) is 0 Å². The summed E-state index contributed by atoms with van der Waals surface area (Å²) in [7, 11) is 0. The van der Waals surface area contributed by atoms with E-state index in [9.17, 15) is 4.79 Å². The van der Waals surface area contributed by atoms with Crippen LogP contribution in [0.3, 0.4) is 0 Å². The van der Waals surface area contributed by atoms with Crippen LogP contribution in [0.25, 0.3) is 0 Å². The maximum Gasteiger partial charge on any atom is 0.330 e. The first kappa shape index (κ1) is 16.7. The molecule has 0 fully saturated rings. The van der Waals surface area contributed by atoms with Gasteiger partial charge in [-0.3, -0.25) is 0 Å². The molecule has 1 rings (SSSR count). The first-order valence-corrected chi connectivity index (χ1v) is 7.54. The Kier molecular flexibility index (Phi) is 6.73. The fraction of sp³-hybridized carbons (Fsp3) is 0.588. The van der Waals surface area contributed by atoms with Crippen molar-refractivity contribution in [1.29, 1.82) is 0 Å². The molecule has 3 nitrogen and oxygen atoms in total. The van der Waals surface area contributed by atoms with Crippen LogP contribution in [0.5, 0.6) is 0 Å². The van der Waals surface area contributed by atoms with E-state index in [1.165, 1.54) is 12.8 Å². The van der Waals surface area contributed by atoms with Crippen LogP contribution in [-0.2, 0) is 15.1 Å². The molecule has 1 aromatic carbocycles. The molecule has 0 radical (unpaired) electrons. The minimum Gasteiger partial charge on any atom is -0.464 e. The van der Waals surface area contributed by atoms with Gasteiger partial charge in [0.2, 0.25) is 0 Å². The minimum atomic E-state index is -1.08. The Bertz CT molecular complexity index is 401. The molecular weight excluding hydrogens is 250 g/mol. The number of nitrogens with two attached hydrogens (primary N) is 1. The molecule has 0 aliphatic rings. The highest BCUT2D eigenvalue weighted by atomic mass is 16.5. The third-order valence-corrected chi connectivity index (χ3v) is 3.79. The van der Waals surface area contributed by atoms with E-state index in [0.29, 0.717) is 12.5 Å². The molecule has 0 aromatic heterocycles. The Labute approximate surface area is 122 Å². The van der Waals surface area contributed by atoms with Gasteiger partial charge >= 0.3 is 5.97 Å². The molecule has 0 aliphatic heterocycles. The summed E-state index contributed by atoms with van der Waals surface area (Å²) in [6, 6.07) is 9.38. The highest BCUT2D eigenvalue weighted by Gasteiger charge is 2.32. The lowest BCUT2D eigenvalue weighted by atomic mass is 9.93. The highest BCUT2D eigenvalue weighted by molar-refractivity contribution is 5.81. The van der Waals surface area contributed by atoms with Crippen molar-refractivity contribution in [2.45, 2.75) is 52.0 Å². The molecule has 0 amide bonds. The largest absolute Gasteiger partial charge is 0.464 e. The molecule has 1 aromatic rings. The van der Waals surface area contributed by atoms with Gasteiger partial charge in [0.1, 0.15) is 5.54 Å².